The first-order chi connectivity index (χ1) is 8.95. The first kappa shape index (κ1) is 14.6. The van der Waals surface area contributed by atoms with Gasteiger partial charge >= 0.3 is 0 Å². The van der Waals surface area contributed by atoms with E-state index < -0.39 is 0 Å². The maximum absolute atomic E-state index is 12.2. The van der Waals surface area contributed by atoms with Gasteiger partial charge < -0.3 is 0 Å². The number of ketones is 1. The molecule has 0 saturated heterocycles. The zero-order valence-electron chi connectivity index (χ0n) is 10.2. The Labute approximate surface area is 130 Å². The Bertz CT molecular complexity index is 618. The second-order valence-corrected chi connectivity index (χ2v) is 6.11. The molecule has 19 heavy (non-hydrogen) atoms. The predicted molar refractivity (Wildman–Crippen MR) is 83.4 cm³/mol. The van der Waals surface area contributed by atoms with Crippen LogP contribution in [0.3, 0.4) is 0 Å². The van der Waals surface area contributed by atoms with Crippen LogP contribution in [0.25, 0.3) is 0 Å². The Morgan fingerprint density at radius 3 is 2.53 bits per heavy atom. The van der Waals surface area contributed by atoms with Crippen LogP contribution in [0.15, 0.2) is 40.9 Å². The van der Waals surface area contributed by atoms with Crippen molar-refractivity contribution in [2.75, 3.05) is 0 Å². The highest BCUT2D eigenvalue weighted by molar-refractivity contribution is 9.10. The van der Waals surface area contributed by atoms with E-state index in [0.717, 1.165) is 15.6 Å². The van der Waals surface area contributed by atoms with Gasteiger partial charge in [0.15, 0.2) is 5.78 Å². The predicted octanol–water partition coefficient (Wildman–Crippen LogP) is 5.49. The van der Waals surface area contributed by atoms with Crippen molar-refractivity contribution in [3.63, 3.8) is 0 Å². The molecule has 0 heterocycles. The summed E-state index contributed by atoms with van der Waals surface area (Å²) in [5, 5.41) is 1.16. The average molecular weight is 358 g/mol. The van der Waals surface area contributed by atoms with E-state index in [1.807, 2.05) is 31.2 Å². The zero-order valence-corrected chi connectivity index (χ0v) is 13.3. The molecule has 4 heteroatoms. The Balaban J connectivity index is 2.25. The van der Waals surface area contributed by atoms with Crippen molar-refractivity contribution in [2.24, 2.45) is 0 Å². The van der Waals surface area contributed by atoms with Crippen LogP contribution in [0.5, 0.6) is 0 Å². The third kappa shape index (κ3) is 3.82. The summed E-state index contributed by atoms with van der Waals surface area (Å²) < 4.78 is 0.896. The summed E-state index contributed by atoms with van der Waals surface area (Å²) in [4.78, 5) is 12.2. The minimum atomic E-state index is 0.00909. The summed E-state index contributed by atoms with van der Waals surface area (Å²) in [5.41, 5.74) is 2.40. The number of halogens is 3. The Morgan fingerprint density at radius 1 is 1.16 bits per heavy atom. The summed E-state index contributed by atoms with van der Waals surface area (Å²) in [6.07, 6.45) is 0.270. The molecule has 1 nitrogen and oxygen atoms in total. The van der Waals surface area contributed by atoms with Gasteiger partial charge in [-0.1, -0.05) is 45.2 Å². The van der Waals surface area contributed by atoms with Crippen LogP contribution in [0, 0.1) is 6.92 Å². The molecule has 0 atom stereocenters. The first-order valence-corrected chi connectivity index (χ1v) is 7.25. The minimum Gasteiger partial charge on any atom is -0.294 e. The van der Waals surface area contributed by atoms with Crippen molar-refractivity contribution in [3.05, 3.63) is 67.6 Å². The smallest absolute Gasteiger partial charge is 0.167 e. The van der Waals surface area contributed by atoms with Gasteiger partial charge in [0.2, 0.25) is 0 Å². The lowest BCUT2D eigenvalue weighted by atomic mass is 10.0. The topological polar surface area (TPSA) is 17.1 Å². The fraction of sp³-hybridized carbons (Fsp3) is 0.133. The van der Waals surface area contributed by atoms with E-state index in [4.69, 9.17) is 23.2 Å². The van der Waals surface area contributed by atoms with E-state index >= 15 is 0 Å². The number of aryl methyl sites for hydroxylation is 1. The van der Waals surface area contributed by atoms with Gasteiger partial charge in [0.25, 0.3) is 0 Å². The SMILES string of the molecule is Cc1cc(Cl)cc(C(=O)Cc2ccc(Br)cc2Cl)c1. The quantitative estimate of drug-likeness (QED) is 0.664. The lowest BCUT2D eigenvalue weighted by molar-refractivity contribution is 0.0993. The highest BCUT2D eigenvalue weighted by Crippen LogP contribution is 2.23. The van der Waals surface area contributed by atoms with Crippen molar-refractivity contribution in [3.8, 4) is 0 Å². The number of benzene rings is 2. The summed E-state index contributed by atoms with van der Waals surface area (Å²) >= 11 is 15.4. The molecular formula is C15H11BrCl2O. The first-order valence-electron chi connectivity index (χ1n) is 5.70. The third-order valence-electron chi connectivity index (χ3n) is 2.73. The van der Waals surface area contributed by atoms with Crippen LogP contribution in [0.1, 0.15) is 21.5 Å². The van der Waals surface area contributed by atoms with Crippen LogP contribution < -0.4 is 0 Å². The van der Waals surface area contributed by atoms with Gasteiger partial charge in [-0.15, -0.1) is 0 Å². The van der Waals surface area contributed by atoms with Crippen LogP contribution in [0.2, 0.25) is 10.0 Å². The third-order valence-corrected chi connectivity index (χ3v) is 3.79. The van der Waals surface area contributed by atoms with Crippen LogP contribution in [-0.2, 0) is 6.42 Å². The highest BCUT2D eigenvalue weighted by atomic mass is 79.9. The average Bonchev–Trinajstić information content (AvgIpc) is 2.31. The van der Waals surface area contributed by atoms with Gasteiger partial charge in [-0.2, -0.15) is 0 Å². The van der Waals surface area contributed by atoms with Crippen molar-refractivity contribution >= 4 is 44.9 Å². The molecule has 98 valence electrons. The lowest BCUT2D eigenvalue weighted by Gasteiger charge is -2.06. The van der Waals surface area contributed by atoms with E-state index in [-0.39, 0.29) is 12.2 Å². The number of rotatable bonds is 3. The van der Waals surface area contributed by atoms with E-state index in [1.165, 1.54) is 0 Å². The van der Waals surface area contributed by atoms with E-state index in [9.17, 15) is 4.79 Å². The molecule has 2 aromatic rings. The number of Topliss-reactive ketones (excluding diaryl/α,β-unsaturated/α-hetero) is 1. The molecule has 0 bridgehead atoms. The molecule has 2 aromatic carbocycles. The normalized spacial score (nSPS) is 10.5. The van der Waals surface area contributed by atoms with Gasteiger partial charge in [-0.3, -0.25) is 4.79 Å². The Morgan fingerprint density at radius 2 is 1.89 bits per heavy atom. The molecular weight excluding hydrogens is 347 g/mol. The van der Waals surface area contributed by atoms with Gasteiger partial charge in [-0.25, -0.2) is 0 Å². The molecule has 0 aromatic heterocycles. The maximum atomic E-state index is 12.2. The minimum absolute atomic E-state index is 0.00909. The molecule has 0 saturated carbocycles. The molecule has 0 aliphatic carbocycles. The van der Waals surface area contributed by atoms with Crippen molar-refractivity contribution < 1.29 is 4.79 Å². The largest absolute Gasteiger partial charge is 0.294 e. The highest BCUT2D eigenvalue weighted by Gasteiger charge is 2.11. The van der Waals surface area contributed by atoms with Crippen molar-refractivity contribution in [2.45, 2.75) is 13.3 Å². The Kier molecular flexibility index (Phi) is 4.67. The molecule has 0 aliphatic heterocycles. The van der Waals surface area contributed by atoms with Gasteiger partial charge in [0.1, 0.15) is 0 Å². The lowest BCUT2D eigenvalue weighted by Crippen LogP contribution is -2.04. The number of carbonyl (C=O) groups excluding carboxylic acids is 1. The fourth-order valence-corrected chi connectivity index (χ4v) is 2.87. The van der Waals surface area contributed by atoms with Crippen LogP contribution >= 0.6 is 39.1 Å². The molecule has 0 N–H and O–H groups in total. The molecule has 0 amide bonds. The second-order valence-electron chi connectivity index (χ2n) is 4.35. The number of hydrogen-bond donors (Lipinski definition) is 0. The van der Waals surface area contributed by atoms with Crippen LogP contribution in [-0.4, -0.2) is 5.78 Å². The standard InChI is InChI=1S/C15H11BrCl2O/c1-9-4-11(6-13(17)5-9)15(19)7-10-2-3-12(16)8-14(10)18/h2-6,8H,7H2,1H3. The fourth-order valence-electron chi connectivity index (χ4n) is 1.84. The number of carbonyl (C=O) groups is 1. The Hall–Kier alpha value is -0.830. The molecule has 0 aliphatic rings. The van der Waals surface area contributed by atoms with Crippen molar-refractivity contribution in [1.82, 2.24) is 0 Å². The van der Waals surface area contributed by atoms with Gasteiger partial charge in [0, 0.05) is 26.5 Å². The number of hydrogen-bond acceptors (Lipinski definition) is 1. The molecule has 0 fully saturated rings. The summed E-state index contributed by atoms with van der Waals surface area (Å²) in [5.74, 6) is 0.00909. The van der Waals surface area contributed by atoms with Crippen LogP contribution in [0.4, 0.5) is 0 Å². The summed E-state index contributed by atoms with van der Waals surface area (Å²) in [6.45, 7) is 1.91. The molecule has 0 spiro atoms. The molecule has 2 rings (SSSR count). The van der Waals surface area contributed by atoms with Crippen molar-refractivity contribution in [1.29, 1.82) is 0 Å². The van der Waals surface area contributed by atoms with E-state index in [1.54, 1.807) is 12.1 Å². The molecule has 0 unspecified atom stereocenters. The second kappa shape index (κ2) is 6.08. The van der Waals surface area contributed by atoms with Gasteiger partial charge in [-0.05, 0) is 48.4 Å². The molecule has 0 radical (unpaired) electrons. The summed E-state index contributed by atoms with van der Waals surface area (Å²) in [7, 11) is 0. The summed E-state index contributed by atoms with van der Waals surface area (Å²) in [6, 6.07) is 10.8. The van der Waals surface area contributed by atoms with Gasteiger partial charge in [0.05, 0.1) is 0 Å². The monoisotopic (exact) mass is 356 g/mol. The zero-order chi connectivity index (χ0) is 14.0. The van der Waals surface area contributed by atoms with E-state index in [2.05, 4.69) is 15.9 Å². The van der Waals surface area contributed by atoms with E-state index in [0.29, 0.717) is 15.6 Å². The maximum Gasteiger partial charge on any atom is 0.167 e.